The Morgan fingerprint density at radius 1 is 1.41 bits per heavy atom. The minimum Gasteiger partial charge on any atom is -0.493 e. The summed E-state index contributed by atoms with van der Waals surface area (Å²) in [5.41, 5.74) is -0.145. The van der Waals surface area contributed by atoms with E-state index in [9.17, 15) is 20.2 Å². The van der Waals surface area contributed by atoms with E-state index in [0.717, 1.165) is 9.64 Å². The molecule has 10 heteroatoms. The van der Waals surface area contributed by atoms with Gasteiger partial charge in [-0.3, -0.25) is 14.9 Å². The quantitative estimate of drug-likeness (QED) is 0.182. The number of methoxy groups -OCH3 is 1. The Morgan fingerprint density at radius 3 is 2.72 bits per heavy atom. The van der Waals surface area contributed by atoms with E-state index in [0.29, 0.717) is 23.7 Å². The Hall–Kier alpha value is -2.84. The molecule has 0 aliphatic heterocycles. The molecule has 2 aromatic carbocycles. The number of nitrogens with one attached hydrogen (secondary N) is 1. The predicted molar refractivity (Wildman–Crippen MR) is 117 cm³/mol. The zero-order valence-corrected chi connectivity index (χ0v) is 18.3. The number of hydrogen-bond acceptors (Lipinski definition) is 6. The number of rotatable bonds is 7. The van der Waals surface area contributed by atoms with Crippen molar-refractivity contribution < 1.29 is 19.2 Å². The van der Waals surface area contributed by atoms with Gasteiger partial charge >= 0.3 is 0 Å². The summed E-state index contributed by atoms with van der Waals surface area (Å²) in [5.74, 6) is 0.226. The summed E-state index contributed by atoms with van der Waals surface area (Å²) in [4.78, 5) is 23.0. The molecule has 150 valence electrons. The molecule has 0 unspecified atom stereocenters. The van der Waals surface area contributed by atoms with Crippen LogP contribution in [0.5, 0.6) is 11.5 Å². The zero-order chi connectivity index (χ0) is 21.6. The molecule has 0 atom stereocenters. The highest BCUT2D eigenvalue weighted by molar-refractivity contribution is 14.1. The monoisotopic (exact) mass is 527 g/mol. The van der Waals surface area contributed by atoms with Gasteiger partial charge < -0.3 is 14.8 Å². The van der Waals surface area contributed by atoms with Gasteiger partial charge in [0.2, 0.25) is 0 Å². The number of halogens is 2. The van der Waals surface area contributed by atoms with Crippen molar-refractivity contribution in [2.75, 3.05) is 19.0 Å². The standard InChI is InChI=1S/C19H15ClIN3O5/c1-3-29-18-14(21)7-11(8-17(18)28-2)6-12(10-22)19(25)23-15-5-4-13(20)9-16(15)24(26)27/h4-9H,3H2,1-2H3,(H,23,25). The minimum absolute atomic E-state index is 0.0654. The average molecular weight is 528 g/mol. The number of carbonyl (C=O) groups excluding carboxylic acids is 1. The number of nitrogens with zero attached hydrogens (tertiary/aromatic N) is 2. The van der Waals surface area contributed by atoms with Gasteiger partial charge in [-0.25, -0.2) is 0 Å². The molecule has 1 amide bonds. The molecule has 0 saturated heterocycles. The number of ether oxygens (including phenoxy) is 2. The molecule has 0 heterocycles. The zero-order valence-electron chi connectivity index (χ0n) is 15.4. The number of hydrogen-bond donors (Lipinski definition) is 1. The third kappa shape index (κ3) is 5.58. The van der Waals surface area contributed by atoms with E-state index >= 15 is 0 Å². The fraction of sp³-hybridized carbons (Fsp3) is 0.158. The third-order valence-corrected chi connectivity index (χ3v) is 4.66. The number of benzene rings is 2. The lowest BCUT2D eigenvalue weighted by Gasteiger charge is -2.12. The molecule has 8 nitrogen and oxygen atoms in total. The van der Waals surface area contributed by atoms with E-state index in [4.69, 9.17) is 21.1 Å². The highest BCUT2D eigenvalue weighted by Crippen LogP contribution is 2.35. The molecule has 0 fully saturated rings. The van der Waals surface area contributed by atoms with E-state index in [1.54, 1.807) is 18.2 Å². The molecule has 0 aromatic heterocycles. The van der Waals surface area contributed by atoms with Crippen LogP contribution < -0.4 is 14.8 Å². The van der Waals surface area contributed by atoms with Gasteiger partial charge in [-0.05, 0) is 65.4 Å². The van der Waals surface area contributed by atoms with Crippen LogP contribution in [0.3, 0.4) is 0 Å². The highest BCUT2D eigenvalue weighted by atomic mass is 127. The first-order valence-electron chi connectivity index (χ1n) is 8.18. The van der Waals surface area contributed by atoms with Crippen molar-refractivity contribution in [3.05, 3.63) is 60.2 Å². The SMILES string of the molecule is CCOc1c(I)cc(C=C(C#N)C(=O)Nc2ccc(Cl)cc2[N+](=O)[O-])cc1OC. The second-order valence-corrected chi connectivity index (χ2v) is 7.11. The summed E-state index contributed by atoms with van der Waals surface area (Å²) in [6.07, 6.45) is 1.36. The van der Waals surface area contributed by atoms with Crippen LogP contribution in [0.15, 0.2) is 35.9 Å². The second-order valence-electron chi connectivity index (χ2n) is 5.51. The van der Waals surface area contributed by atoms with E-state index in [-0.39, 0.29) is 22.0 Å². The lowest BCUT2D eigenvalue weighted by Crippen LogP contribution is -2.14. The van der Waals surface area contributed by atoms with Crippen molar-refractivity contribution in [2.24, 2.45) is 0 Å². The van der Waals surface area contributed by atoms with Gasteiger partial charge in [0.1, 0.15) is 17.3 Å². The molecular weight excluding hydrogens is 513 g/mol. The number of carbonyl (C=O) groups is 1. The van der Waals surface area contributed by atoms with Gasteiger partial charge in [0.25, 0.3) is 11.6 Å². The van der Waals surface area contributed by atoms with Crippen LogP contribution in [-0.2, 0) is 4.79 Å². The molecule has 0 aliphatic carbocycles. The van der Waals surface area contributed by atoms with Crippen molar-refractivity contribution in [3.8, 4) is 17.6 Å². The lowest BCUT2D eigenvalue weighted by molar-refractivity contribution is -0.383. The molecule has 0 radical (unpaired) electrons. The second kappa shape index (κ2) is 10.1. The molecule has 2 aromatic rings. The van der Waals surface area contributed by atoms with Crippen LogP contribution in [0, 0.1) is 25.0 Å². The summed E-state index contributed by atoms with van der Waals surface area (Å²) in [6, 6.07) is 8.98. The smallest absolute Gasteiger partial charge is 0.294 e. The maximum atomic E-state index is 12.5. The maximum absolute atomic E-state index is 12.5. The minimum atomic E-state index is -0.791. The van der Waals surface area contributed by atoms with Crippen molar-refractivity contribution in [2.45, 2.75) is 6.92 Å². The number of nitro benzene ring substituents is 1. The van der Waals surface area contributed by atoms with Crippen LogP contribution in [0.25, 0.3) is 6.08 Å². The van der Waals surface area contributed by atoms with Crippen LogP contribution in [0.2, 0.25) is 5.02 Å². The largest absolute Gasteiger partial charge is 0.493 e. The van der Waals surface area contributed by atoms with Crippen LogP contribution in [0.1, 0.15) is 12.5 Å². The van der Waals surface area contributed by atoms with E-state index in [1.165, 1.54) is 25.3 Å². The summed E-state index contributed by atoms with van der Waals surface area (Å²) in [6.45, 7) is 2.30. The summed E-state index contributed by atoms with van der Waals surface area (Å²) in [5, 5.41) is 23.1. The molecule has 0 bridgehead atoms. The number of amides is 1. The van der Waals surface area contributed by atoms with Crippen LogP contribution in [0.4, 0.5) is 11.4 Å². The lowest BCUT2D eigenvalue weighted by atomic mass is 10.1. The average Bonchev–Trinajstić information content (AvgIpc) is 2.68. The summed E-state index contributed by atoms with van der Waals surface area (Å²) < 4.78 is 11.6. The molecule has 29 heavy (non-hydrogen) atoms. The first-order chi connectivity index (χ1) is 13.8. The summed E-state index contributed by atoms with van der Waals surface area (Å²) in [7, 11) is 1.49. The Kier molecular flexibility index (Phi) is 7.81. The highest BCUT2D eigenvalue weighted by Gasteiger charge is 2.19. The first-order valence-corrected chi connectivity index (χ1v) is 9.63. The van der Waals surface area contributed by atoms with E-state index < -0.39 is 10.8 Å². The van der Waals surface area contributed by atoms with Gasteiger partial charge in [-0.2, -0.15) is 5.26 Å². The van der Waals surface area contributed by atoms with Crippen LogP contribution in [-0.4, -0.2) is 24.5 Å². The van der Waals surface area contributed by atoms with E-state index in [2.05, 4.69) is 27.9 Å². The van der Waals surface area contributed by atoms with Crippen molar-refractivity contribution in [1.82, 2.24) is 0 Å². The number of nitriles is 1. The first kappa shape index (κ1) is 22.4. The van der Waals surface area contributed by atoms with E-state index in [1.807, 2.05) is 6.92 Å². The van der Waals surface area contributed by atoms with Gasteiger partial charge in [0, 0.05) is 11.1 Å². The Labute approximate surface area is 185 Å². The van der Waals surface area contributed by atoms with Gasteiger partial charge in [-0.15, -0.1) is 0 Å². The summed E-state index contributed by atoms with van der Waals surface area (Å²) >= 11 is 7.83. The van der Waals surface area contributed by atoms with Gasteiger partial charge in [0.15, 0.2) is 11.5 Å². The van der Waals surface area contributed by atoms with Crippen molar-refractivity contribution in [3.63, 3.8) is 0 Å². The molecular formula is C19H15ClIN3O5. The Balaban J connectivity index is 2.38. The molecule has 1 N–H and O–H groups in total. The molecule has 2 rings (SSSR count). The Bertz CT molecular complexity index is 1030. The van der Waals surface area contributed by atoms with Gasteiger partial charge in [-0.1, -0.05) is 11.6 Å². The number of nitro groups is 1. The van der Waals surface area contributed by atoms with Crippen LogP contribution >= 0.6 is 34.2 Å². The third-order valence-electron chi connectivity index (χ3n) is 3.62. The maximum Gasteiger partial charge on any atom is 0.294 e. The molecule has 0 saturated carbocycles. The normalized spacial score (nSPS) is 10.8. The topological polar surface area (TPSA) is 114 Å². The molecule has 0 spiro atoms. The predicted octanol–water partition coefficient (Wildman–Crippen LogP) is 4.81. The van der Waals surface area contributed by atoms with Gasteiger partial charge in [0.05, 0.1) is 22.2 Å². The fourth-order valence-corrected chi connectivity index (χ4v) is 3.32. The molecule has 0 aliphatic rings. The Morgan fingerprint density at radius 2 is 2.14 bits per heavy atom. The van der Waals surface area contributed by atoms with Crippen molar-refractivity contribution >= 4 is 57.5 Å². The fourth-order valence-electron chi connectivity index (χ4n) is 2.37. The van der Waals surface area contributed by atoms with Crippen molar-refractivity contribution in [1.29, 1.82) is 5.26 Å². The number of anilines is 1.